The zero-order valence-corrected chi connectivity index (χ0v) is 9.91. The van der Waals surface area contributed by atoms with Gasteiger partial charge in [-0.3, -0.25) is 0 Å². The molecule has 5 heteroatoms. The Morgan fingerprint density at radius 3 is 3.00 bits per heavy atom. The van der Waals surface area contributed by atoms with Crippen LogP contribution in [0.4, 0.5) is 0 Å². The van der Waals surface area contributed by atoms with Crippen molar-refractivity contribution in [3.63, 3.8) is 0 Å². The third kappa shape index (κ3) is 4.51. The standard InChI is InChI=1S/C11H16ClN3O/c1-8(5-11(13)15-16)14-7-9-3-2-4-10(12)6-9/h2-4,6,8,14,16H,5,7H2,1H3,(H2,13,15). The number of nitrogens with two attached hydrogens (primary N) is 1. The molecule has 4 N–H and O–H groups in total. The maximum atomic E-state index is 8.42. The SMILES string of the molecule is CC(CC(N)=NO)NCc1cccc(Cl)c1. The van der Waals surface area contributed by atoms with Gasteiger partial charge in [0.15, 0.2) is 0 Å². The number of nitrogens with zero attached hydrogens (tertiary/aromatic N) is 1. The van der Waals surface area contributed by atoms with Crippen LogP contribution in [0.25, 0.3) is 0 Å². The van der Waals surface area contributed by atoms with Crippen molar-refractivity contribution in [2.75, 3.05) is 0 Å². The zero-order valence-electron chi connectivity index (χ0n) is 9.15. The van der Waals surface area contributed by atoms with Crippen LogP contribution in [0.1, 0.15) is 18.9 Å². The number of halogens is 1. The van der Waals surface area contributed by atoms with Crippen molar-refractivity contribution in [1.29, 1.82) is 0 Å². The predicted molar refractivity (Wildman–Crippen MR) is 65.8 cm³/mol. The van der Waals surface area contributed by atoms with Crippen molar-refractivity contribution in [3.05, 3.63) is 34.9 Å². The normalized spacial score (nSPS) is 13.8. The first kappa shape index (κ1) is 12.8. The quantitative estimate of drug-likeness (QED) is 0.319. The lowest BCUT2D eigenvalue weighted by Gasteiger charge is -2.12. The summed E-state index contributed by atoms with van der Waals surface area (Å²) in [7, 11) is 0. The third-order valence-electron chi connectivity index (χ3n) is 2.19. The summed E-state index contributed by atoms with van der Waals surface area (Å²) in [6.07, 6.45) is 0.511. The summed E-state index contributed by atoms with van der Waals surface area (Å²) in [6, 6.07) is 7.80. The van der Waals surface area contributed by atoms with Crippen LogP contribution < -0.4 is 11.1 Å². The topological polar surface area (TPSA) is 70.6 Å². The fourth-order valence-electron chi connectivity index (χ4n) is 1.37. The van der Waals surface area contributed by atoms with E-state index in [-0.39, 0.29) is 11.9 Å². The highest BCUT2D eigenvalue weighted by atomic mass is 35.5. The third-order valence-corrected chi connectivity index (χ3v) is 2.42. The molecule has 1 aromatic rings. The Bertz CT molecular complexity index is 368. The second-order valence-corrected chi connectivity index (χ2v) is 4.14. The van der Waals surface area contributed by atoms with Crippen molar-refractivity contribution in [2.45, 2.75) is 25.9 Å². The molecule has 0 radical (unpaired) electrons. The number of hydrogen-bond donors (Lipinski definition) is 3. The molecule has 4 nitrogen and oxygen atoms in total. The molecule has 16 heavy (non-hydrogen) atoms. The predicted octanol–water partition coefficient (Wildman–Crippen LogP) is 1.95. The fraction of sp³-hybridized carbons (Fsp3) is 0.364. The molecule has 0 heterocycles. The zero-order chi connectivity index (χ0) is 12.0. The van der Waals surface area contributed by atoms with E-state index in [9.17, 15) is 0 Å². The van der Waals surface area contributed by atoms with Gasteiger partial charge in [-0.15, -0.1) is 0 Å². The van der Waals surface area contributed by atoms with Crippen LogP contribution in [0.15, 0.2) is 29.4 Å². The lowest BCUT2D eigenvalue weighted by molar-refractivity contribution is 0.316. The molecule has 0 aromatic heterocycles. The van der Waals surface area contributed by atoms with Crippen molar-refractivity contribution in [1.82, 2.24) is 5.32 Å². The Morgan fingerprint density at radius 1 is 1.62 bits per heavy atom. The molecule has 0 aliphatic heterocycles. The summed E-state index contributed by atoms with van der Waals surface area (Å²) < 4.78 is 0. The average molecular weight is 242 g/mol. The number of oxime groups is 1. The second kappa shape index (κ2) is 6.35. The molecular weight excluding hydrogens is 226 g/mol. The lowest BCUT2D eigenvalue weighted by Crippen LogP contribution is -2.30. The summed E-state index contributed by atoms with van der Waals surface area (Å²) in [5, 5.41) is 15.3. The van der Waals surface area contributed by atoms with Gasteiger partial charge in [0.1, 0.15) is 5.84 Å². The molecule has 1 aromatic carbocycles. The molecule has 1 rings (SSSR count). The van der Waals surface area contributed by atoms with Crippen LogP contribution in [-0.4, -0.2) is 17.1 Å². The Labute approximate surface area is 100 Å². The van der Waals surface area contributed by atoms with E-state index in [0.717, 1.165) is 10.6 Å². The van der Waals surface area contributed by atoms with Crippen LogP contribution in [0.5, 0.6) is 0 Å². The molecular formula is C11H16ClN3O. The van der Waals surface area contributed by atoms with Gasteiger partial charge in [0.05, 0.1) is 0 Å². The van der Waals surface area contributed by atoms with E-state index < -0.39 is 0 Å². The van der Waals surface area contributed by atoms with Gasteiger partial charge < -0.3 is 16.3 Å². The molecule has 0 aliphatic rings. The van der Waals surface area contributed by atoms with Gasteiger partial charge in [-0.25, -0.2) is 0 Å². The van der Waals surface area contributed by atoms with Gasteiger partial charge in [-0.2, -0.15) is 0 Å². The van der Waals surface area contributed by atoms with Crippen LogP contribution in [0, 0.1) is 0 Å². The number of amidine groups is 1. The molecule has 0 spiro atoms. The van der Waals surface area contributed by atoms with Crippen LogP contribution >= 0.6 is 11.6 Å². The molecule has 0 fully saturated rings. The summed E-state index contributed by atoms with van der Waals surface area (Å²) in [5.74, 6) is 0.228. The molecule has 0 aliphatic carbocycles. The molecule has 88 valence electrons. The lowest BCUT2D eigenvalue weighted by atomic mass is 10.2. The summed E-state index contributed by atoms with van der Waals surface area (Å²) in [5.41, 5.74) is 6.52. The summed E-state index contributed by atoms with van der Waals surface area (Å²) in [6.45, 7) is 2.68. The van der Waals surface area contributed by atoms with Gasteiger partial charge in [0.25, 0.3) is 0 Å². The van der Waals surface area contributed by atoms with E-state index in [2.05, 4.69) is 10.5 Å². The Kier molecular flexibility index (Phi) is 5.08. The van der Waals surface area contributed by atoms with E-state index in [1.807, 2.05) is 31.2 Å². The van der Waals surface area contributed by atoms with Crippen molar-refractivity contribution >= 4 is 17.4 Å². The van der Waals surface area contributed by atoms with Crippen molar-refractivity contribution in [3.8, 4) is 0 Å². The summed E-state index contributed by atoms with van der Waals surface area (Å²) in [4.78, 5) is 0. The number of hydrogen-bond acceptors (Lipinski definition) is 3. The largest absolute Gasteiger partial charge is 0.409 e. The Hall–Kier alpha value is -1.26. The second-order valence-electron chi connectivity index (χ2n) is 3.71. The maximum Gasteiger partial charge on any atom is 0.140 e. The maximum absolute atomic E-state index is 8.42. The van der Waals surface area contributed by atoms with Gasteiger partial charge in [0.2, 0.25) is 0 Å². The van der Waals surface area contributed by atoms with E-state index in [1.165, 1.54) is 0 Å². The van der Waals surface area contributed by atoms with Crippen molar-refractivity contribution in [2.24, 2.45) is 10.9 Å². The first-order valence-corrected chi connectivity index (χ1v) is 5.44. The molecule has 1 unspecified atom stereocenters. The molecule has 0 bridgehead atoms. The van der Waals surface area contributed by atoms with Crippen LogP contribution in [-0.2, 0) is 6.54 Å². The minimum Gasteiger partial charge on any atom is -0.409 e. The number of rotatable bonds is 5. The number of benzene rings is 1. The van der Waals surface area contributed by atoms with E-state index in [0.29, 0.717) is 13.0 Å². The van der Waals surface area contributed by atoms with Crippen molar-refractivity contribution < 1.29 is 5.21 Å². The van der Waals surface area contributed by atoms with Crippen LogP contribution in [0.3, 0.4) is 0 Å². The molecule has 0 amide bonds. The van der Waals surface area contributed by atoms with Gasteiger partial charge >= 0.3 is 0 Å². The van der Waals surface area contributed by atoms with E-state index in [4.69, 9.17) is 22.5 Å². The Morgan fingerprint density at radius 2 is 2.38 bits per heavy atom. The highest BCUT2D eigenvalue weighted by Crippen LogP contribution is 2.10. The molecule has 0 saturated heterocycles. The fourth-order valence-corrected chi connectivity index (χ4v) is 1.58. The monoisotopic (exact) mass is 241 g/mol. The highest BCUT2D eigenvalue weighted by Gasteiger charge is 2.04. The minimum atomic E-state index is 0.148. The van der Waals surface area contributed by atoms with Gasteiger partial charge in [-0.1, -0.05) is 28.9 Å². The van der Waals surface area contributed by atoms with Crippen LogP contribution in [0.2, 0.25) is 5.02 Å². The van der Waals surface area contributed by atoms with Gasteiger partial charge in [-0.05, 0) is 24.6 Å². The molecule has 0 saturated carbocycles. The minimum absolute atomic E-state index is 0.148. The van der Waals surface area contributed by atoms with E-state index >= 15 is 0 Å². The number of nitrogens with one attached hydrogen (secondary N) is 1. The average Bonchev–Trinajstić information content (AvgIpc) is 2.26. The van der Waals surface area contributed by atoms with E-state index in [1.54, 1.807) is 0 Å². The smallest absolute Gasteiger partial charge is 0.140 e. The molecule has 1 atom stereocenters. The Balaban J connectivity index is 2.40. The first-order chi connectivity index (χ1) is 7.61. The summed E-state index contributed by atoms with van der Waals surface area (Å²) >= 11 is 5.87. The first-order valence-electron chi connectivity index (χ1n) is 5.06. The highest BCUT2D eigenvalue weighted by molar-refractivity contribution is 6.30. The van der Waals surface area contributed by atoms with Gasteiger partial charge in [0, 0.05) is 24.0 Å².